The van der Waals surface area contributed by atoms with Gasteiger partial charge in [-0.25, -0.2) is 0 Å². The first-order valence-corrected chi connectivity index (χ1v) is 5.36. The Morgan fingerprint density at radius 2 is 1.24 bits per heavy atom. The quantitative estimate of drug-likeness (QED) is 0.802. The zero-order chi connectivity index (χ0) is 12.7. The van der Waals surface area contributed by atoms with E-state index in [0.29, 0.717) is 5.56 Å². The molecule has 2 heteroatoms. The van der Waals surface area contributed by atoms with Crippen molar-refractivity contribution >= 4 is 6.29 Å². The van der Waals surface area contributed by atoms with Crippen LogP contribution in [0.15, 0.2) is 48.5 Å². The average Bonchev–Trinajstić information content (AvgIpc) is 2.42. The van der Waals surface area contributed by atoms with Crippen molar-refractivity contribution in [1.82, 2.24) is 0 Å². The first-order valence-electron chi connectivity index (χ1n) is 5.36. The number of aldehydes is 1. The second-order valence-corrected chi connectivity index (χ2v) is 3.61. The molecule has 2 rings (SSSR count). The Bertz CT molecular complexity index is 455. The summed E-state index contributed by atoms with van der Waals surface area (Å²) in [6.45, 7) is 2.07. The van der Waals surface area contributed by atoms with Crippen LogP contribution < -0.4 is 0 Å². The molecule has 0 aliphatic heterocycles. The Morgan fingerprint density at radius 1 is 0.824 bits per heavy atom. The predicted molar refractivity (Wildman–Crippen MR) is 70.1 cm³/mol. The summed E-state index contributed by atoms with van der Waals surface area (Å²) >= 11 is 0. The van der Waals surface area contributed by atoms with Crippen LogP contribution in [-0.4, -0.2) is 18.5 Å². The highest BCUT2D eigenvalue weighted by molar-refractivity contribution is 5.76. The minimum absolute atomic E-state index is 0.714. The fourth-order valence-electron chi connectivity index (χ4n) is 1.50. The molecule has 0 bridgehead atoms. The summed E-state index contributed by atoms with van der Waals surface area (Å²) < 4.78 is 0. The molecule has 0 amide bonds. The molecule has 1 N–H and O–H groups in total. The van der Waals surface area contributed by atoms with E-state index in [1.54, 1.807) is 0 Å². The van der Waals surface area contributed by atoms with Gasteiger partial charge in [0.15, 0.2) is 0 Å². The molecular formula is C15H16O2. The van der Waals surface area contributed by atoms with Crippen molar-refractivity contribution < 1.29 is 9.90 Å². The number of hydrogen-bond acceptors (Lipinski definition) is 2. The third kappa shape index (κ3) is 3.54. The molecule has 0 atom stereocenters. The molecule has 2 aromatic rings. The van der Waals surface area contributed by atoms with Crippen molar-refractivity contribution in [2.45, 2.75) is 6.92 Å². The molecule has 88 valence electrons. The Morgan fingerprint density at radius 3 is 1.65 bits per heavy atom. The first kappa shape index (κ1) is 13.1. The summed E-state index contributed by atoms with van der Waals surface area (Å²) in [6, 6.07) is 16.0. The smallest absolute Gasteiger partial charge is 0.150 e. The molecule has 0 aliphatic rings. The van der Waals surface area contributed by atoms with Gasteiger partial charge in [-0.3, -0.25) is 4.79 Å². The maximum Gasteiger partial charge on any atom is 0.150 e. The standard InChI is InChI=1S/C14H12O.CH4O/c1-11-2-6-13(7-3-11)14-8-4-12(10-15)5-9-14;1-2/h2-10H,1H3;2H,1H3. The summed E-state index contributed by atoms with van der Waals surface area (Å²) in [4.78, 5) is 10.5. The van der Waals surface area contributed by atoms with Crippen LogP contribution in [0.5, 0.6) is 0 Å². The van der Waals surface area contributed by atoms with Crippen LogP contribution in [0.2, 0.25) is 0 Å². The lowest BCUT2D eigenvalue weighted by molar-refractivity contribution is 0.112. The molecule has 0 radical (unpaired) electrons. The van der Waals surface area contributed by atoms with Crippen molar-refractivity contribution in [3.63, 3.8) is 0 Å². The molecule has 0 aromatic heterocycles. The topological polar surface area (TPSA) is 37.3 Å². The van der Waals surface area contributed by atoms with Crippen molar-refractivity contribution in [1.29, 1.82) is 0 Å². The van der Waals surface area contributed by atoms with Gasteiger partial charge in [0.2, 0.25) is 0 Å². The van der Waals surface area contributed by atoms with Crippen LogP contribution in [0, 0.1) is 6.92 Å². The SMILES string of the molecule is CO.Cc1ccc(-c2ccc(C=O)cc2)cc1. The summed E-state index contributed by atoms with van der Waals surface area (Å²) in [6.07, 6.45) is 0.860. The van der Waals surface area contributed by atoms with Gasteiger partial charge >= 0.3 is 0 Å². The van der Waals surface area contributed by atoms with E-state index in [4.69, 9.17) is 5.11 Å². The lowest BCUT2D eigenvalue weighted by Crippen LogP contribution is -1.81. The third-order valence-electron chi connectivity index (χ3n) is 2.43. The van der Waals surface area contributed by atoms with Gasteiger partial charge < -0.3 is 5.11 Å². The zero-order valence-corrected chi connectivity index (χ0v) is 10.1. The number of rotatable bonds is 2. The molecular weight excluding hydrogens is 212 g/mol. The molecule has 2 nitrogen and oxygen atoms in total. The maximum absolute atomic E-state index is 10.5. The monoisotopic (exact) mass is 228 g/mol. The fraction of sp³-hybridized carbons (Fsp3) is 0.133. The van der Waals surface area contributed by atoms with Crippen LogP contribution in [0.4, 0.5) is 0 Å². The molecule has 0 fully saturated rings. The summed E-state index contributed by atoms with van der Waals surface area (Å²) in [5.41, 5.74) is 4.28. The van der Waals surface area contributed by atoms with Crippen molar-refractivity contribution in [2.24, 2.45) is 0 Å². The number of carbonyl (C=O) groups is 1. The lowest BCUT2D eigenvalue weighted by atomic mass is 10.0. The summed E-state index contributed by atoms with van der Waals surface area (Å²) in [7, 11) is 1.00. The molecule has 0 heterocycles. The van der Waals surface area contributed by atoms with E-state index in [-0.39, 0.29) is 0 Å². The van der Waals surface area contributed by atoms with Gasteiger partial charge in [-0.05, 0) is 18.1 Å². The molecule has 0 spiro atoms. The number of aliphatic hydroxyl groups excluding tert-OH is 1. The number of aryl methyl sites for hydroxylation is 1. The Balaban J connectivity index is 0.000000686. The van der Waals surface area contributed by atoms with E-state index in [1.165, 1.54) is 11.1 Å². The Hall–Kier alpha value is -1.93. The minimum Gasteiger partial charge on any atom is -0.400 e. The Labute approximate surface area is 102 Å². The van der Waals surface area contributed by atoms with Crippen molar-refractivity contribution in [2.75, 3.05) is 7.11 Å². The van der Waals surface area contributed by atoms with E-state index in [9.17, 15) is 4.79 Å². The molecule has 2 aromatic carbocycles. The first-order chi connectivity index (χ1) is 8.29. The zero-order valence-electron chi connectivity index (χ0n) is 10.1. The molecule has 0 saturated carbocycles. The molecule has 17 heavy (non-hydrogen) atoms. The predicted octanol–water partition coefficient (Wildman–Crippen LogP) is 3.08. The number of aliphatic hydroxyl groups is 1. The molecule has 0 saturated heterocycles. The second kappa shape index (κ2) is 6.61. The van der Waals surface area contributed by atoms with Gasteiger partial charge in [-0.1, -0.05) is 54.1 Å². The van der Waals surface area contributed by atoms with Crippen molar-refractivity contribution in [3.8, 4) is 11.1 Å². The van der Waals surface area contributed by atoms with Crippen LogP contribution in [0.3, 0.4) is 0 Å². The number of carbonyl (C=O) groups excluding carboxylic acids is 1. The second-order valence-electron chi connectivity index (χ2n) is 3.61. The van der Waals surface area contributed by atoms with Crippen LogP contribution in [0.1, 0.15) is 15.9 Å². The fourth-order valence-corrected chi connectivity index (χ4v) is 1.50. The Kier molecular flexibility index (Phi) is 5.11. The van der Waals surface area contributed by atoms with Crippen LogP contribution in [0.25, 0.3) is 11.1 Å². The van der Waals surface area contributed by atoms with Gasteiger partial charge in [-0.15, -0.1) is 0 Å². The maximum atomic E-state index is 10.5. The largest absolute Gasteiger partial charge is 0.400 e. The molecule has 0 unspecified atom stereocenters. The summed E-state index contributed by atoms with van der Waals surface area (Å²) in [5.74, 6) is 0. The van der Waals surface area contributed by atoms with Crippen LogP contribution >= 0.6 is 0 Å². The third-order valence-corrected chi connectivity index (χ3v) is 2.43. The normalized spacial score (nSPS) is 9.12. The van der Waals surface area contributed by atoms with Crippen molar-refractivity contribution in [3.05, 3.63) is 59.7 Å². The van der Waals surface area contributed by atoms with E-state index in [1.807, 2.05) is 24.3 Å². The van der Waals surface area contributed by atoms with E-state index < -0.39 is 0 Å². The number of benzene rings is 2. The van der Waals surface area contributed by atoms with Gasteiger partial charge in [0, 0.05) is 12.7 Å². The summed E-state index contributed by atoms with van der Waals surface area (Å²) in [5, 5.41) is 7.00. The van der Waals surface area contributed by atoms with Gasteiger partial charge in [-0.2, -0.15) is 0 Å². The van der Waals surface area contributed by atoms with E-state index in [2.05, 4.69) is 31.2 Å². The molecule has 0 aliphatic carbocycles. The van der Waals surface area contributed by atoms with E-state index >= 15 is 0 Å². The number of hydrogen-bond donors (Lipinski definition) is 1. The highest BCUT2D eigenvalue weighted by Crippen LogP contribution is 2.19. The van der Waals surface area contributed by atoms with E-state index in [0.717, 1.165) is 19.0 Å². The van der Waals surface area contributed by atoms with Crippen LogP contribution in [-0.2, 0) is 0 Å². The van der Waals surface area contributed by atoms with Gasteiger partial charge in [0.25, 0.3) is 0 Å². The van der Waals surface area contributed by atoms with Gasteiger partial charge in [0.1, 0.15) is 6.29 Å². The highest BCUT2D eigenvalue weighted by Gasteiger charge is 1.96. The minimum atomic E-state index is 0.714. The highest BCUT2D eigenvalue weighted by atomic mass is 16.2. The average molecular weight is 228 g/mol. The lowest BCUT2D eigenvalue weighted by Gasteiger charge is -2.02. The van der Waals surface area contributed by atoms with Gasteiger partial charge in [0.05, 0.1) is 0 Å².